The van der Waals surface area contributed by atoms with E-state index in [1.807, 2.05) is 0 Å². The standard InChI is InChI=1S/C27H30Cl2F3N5O4/c1-27(40,26(39)36-11-15-6-16(28)7-21(29)24(15)32)4-5-37(14-38)19(10-33)12-35-18-9-23(34)25(41-13-18)20-8-17(30)2-3-22(20)31/h2-3,6-8,10,12,14,18,23,25,33,35,40H,4-5,9,11,13,34H2,1H3,(H,36,39)/b19-12+,33-10?. The lowest BCUT2D eigenvalue weighted by atomic mass is 9.94. The number of amides is 2. The predicted octanol–water partition coefficient (Wildman–Crippen LogP) is 3.56. The number of benzene rings is 2. The van der Waals surface area contributed by atoms with Crippen LogP contribution in [0.25, 0.3) is 0 Å². The average Bonchev–Trinajstić information content (AvgIpc) is 2.93. The number of nitrogens with one attached hydrogen (secondary N) is 3. The summed E-state index contributed by atoms with van der Waals surface area (Å²) in [4.78, 5) is 25.5. The SMILES string of the molecule is CC(O)(CCN(C=O)/C(C=N)=C/NC1COC(c2cc(F)ccc2F)C(N)C1)C(=O)NCc1cc(Cl)cc(Cl)c1F. The van der Waals surface area contributed by atoms with Crippen molar-refractivity contribution in [3.63, 3.8) is 0 Å². The molecule has 2 aromatic rings. The molecule has 9 nitrogen and oxygen atoms in total. The molecule has 4 atom stereocenters. The van der Waals surface area contributed by atoms with Crippen molar-refractivity contribution in [2.45, 2.75) is 50.1 Å². The van der Waals surface area contributed by atoms with Gasteiger partial charge in [0.15, 0.2) is 0 Å². The number of halogens is 5. The zero-order valence-electron chi connectivity index (χ0n) is 22.0. The van der Waals surface area contributed by atoms with Crippen molar-refractivity contribution in [3.8, 4) is 0 Å². The van der Waals surface area contributed by atoms with Crippen LogP contribution in [0.1, 0.15) is 37.0 Å². The summed E-state index contributed by atoms with van der Waals surface area (Å²) in [7, 11) is 0. The Bertz CT molecular complexity index is 1310. The number of allylic oxidation sites excluding steroid dienone is 1. The van der Waals surface area contributed by atoms with Crippen molar-refractivity contribution in [3.05, 3.63) is 80.9 Å². The quantitative estimate of drug-likeness (QED) is 0.140. The minimum absolute atomic E-state index is 0.0244. The third-order valence-electron chi connectivity index (χ3n) is 6.60. The number of nitrogens with zero attached hydrogens (tertiary/aromatic N) is 1. The Hall–Kier alpha value is -3.16. The second-order valence-electron chi connectivity index (χ2n) is 9.76. The summed E-state index contributed by atoms with van der Waals surface area (Å²) in [5.41, 5.74) is 4.38. The smallest absolute Gasteiger partial charge is 0.252 e. The zero-order chi connectivity index (χ0) is 30.3. The molecule has 0 aliphatic carbocycles. The minimum Gasteiger partial charge on any atom is -0.384 e. The van der Waals surface area contributed by atoms with E-state index in [2.05, 4.69) is 10.6 Å². The van der Waals surface area contributed by atoms with Gasteiger partial charge in [-0.1, -0.05) is 23.2 Å². The average molecular weight is 616 g/mol. The second kappa shape index (κ2) is 14.1. The monoisotopic (exact) mass is 615 g/mol. The molecular weight excluding hydrogens is 586 g/mol. The summed E-state index contributed by atoms with van der Waals surface area (Å²) in [6, 6.07) is 4.54. The molecule has 0 radical (unpaired) electrons. The zero-order valence-corrected chi connectivity index (χ0v) is 23.5. The molecule has 2 aromatic carbocycles. The molecule has 1 aliphatic rings. The van der Waals surface area contributed by atoms with Crippen molar-refractivity contribution in [1.82, 2.24) is 15.5 Å². The molecule has 3 rings (SSSR count). The predicted molar refractivity (Wildman–Crippen MR) is 148 cm³/mol. The van der Waals surface area contributed by atoms with E-state index in [4.69, 9.17) is 39.1 Å². The number of hydrogen-bond acceptors (Lipinski definition) is 7. The van der Waals surface area contributed by atoms with Gasteiger partial charge in [-0.3, -0.25) is 9.59 Å². The fraction of sp³-hybridized carbons (Fsp3) is 0.370. The molecule has 4 unspecified atom stereocenters. The second-order valence-corrected chi connectivity index (χ2v) is 10.6. The molecule has 0 bridgehead atoms. The van der Waals surface area contributed by atoms with Crippen molar-refractivity contribution in [2.75, 3.05) is 13.2 Å². The number of aliphatic hydroxyl groups is 1. The number of ether oxygens (including phenoxy) is 1. The third kappa shape index (κ3) is 8.43. The highest BCUT2D eigenvalue weighted by atomic mass is 35.5. The maximum atomic E-state index is 14.2. The molecule has 6 N–H and O–H groups in total. The van der Waals surface area contributed by atoms with Gasteiger partial charge >= 0.3 is 0 Å². The molecule has 0 saturated carbocycles. The lowest BCUT2D eigenvalue weighted by Gasteiger charge is -2.35. The minimum atomic E-state index is -1.95. The van der Waals surface area contributed by atoms with Crippen LogP contribution in [0, 0.1) is 22.9 Å². The summed E-state index contributed by atoms with van der Waals surface area (Å²) < 4.78 is 47.6. The van der Waals surface area contributed by atoms with Gasteiger partial charge in [0.2, 0.25) is 6.41 Å². The van der Waals surface area contributed by atoms with Crippen molar-refractivity contribution < 1.29 is 32.6 Å². The highest BCUT2D eigenvalue weighted by Crippen LogP contribution is 2.30. The molecule has 1 fully saturated rings. The molecule has 0 spiro atoms. The Morgan fingerprint density at radius 1 is 1.29 bits per heavy atom. The summed E-state index contributed by atoms with van der Waals surface area (Å²) in [6.07, 6.45) is 1.96. The van der Waals surface area contributed by atoms with E-state index in [-0.39, 0.29) is 59.0 Å². The van der Waals surface area contributed by atoms with Crippen LogP contribution in [0.5, 0.6) is 0 Å². The lowest BCUT2D eigenvalue weighted by molar-refractivity contribution is -0.139. The van der Waals surface area contributed by atoms with Gasteiger partial charge in [0, 0.05) is 54.1 Å². The van der Waals surface area contributed by atoms with E-state index >= 15 is 0 Å². The molecule has 0 aromatic heterocycles. The Kier molecular flexibility index (Phi) is 11.2. The Morgan fingerprint density at radius 2 is 2.02 bits per heavy atom. The number of hydrogen-bond donors (Lipinski definition) is 5. The van der Waals surface area contributed by atoms with Gasteiger partial charge in [-0.05, 0) is 43.7 Å². The normalized spacial score (nSPS) is 20.6. The van der Waals surface area contributed by atoms with Gasteiger partial charge in [-0.2, -0.15) is 0 Å². The maximum absolute atomic E-state index is 14.2. The molecule has 1 saturated heterocycles. The van der Waals surface area contributed by atoms with E-state index in [1.165, 1.54) is 25.3 Å². The maximum Gasteiger partial charge on any atom is 0.252 e. The molecule has 1 heterocycles. The van der Waals surface area contributed by atoms with Crippen LogP contribution in [0.3, 0.4) is 0 Å². The van der Waals surface area contributed by atoms with Crippen LogP contribution in [0.2, 0.25) is 10.0 Å². The molecule has 2 amide bonds. The van der Waals surface area contributed by atoms with E-state index in [9.17, 15) is 27.9 Å². The van der Waals surface area contributed by atoms with Crippen LogP contribution >= 0.6 is 23.2 Å². The van der Waals surface area contributed by atoms with Crippen LogP contribution < -0.4 is 16.4 Å². The topological polar surface area (TPSA) is 141 Å². The van der Waals surface area contributed by atoms with Gasteiger partial charge in [0.05, 0.1) is 23.4 Å². The first-order valence-electron chi connectivity index (χ1n) is 12.5. The first-order chi connectivity index (χ1) is 19.4. The van der Waals surface area contributed by atoms with Gasteiger partial charge in [-0.25, -0.2) is 13.2 Å². The van der Waals surface area contributed by atoms with Gasteiger partial charge < -0.3 is 36.5 Å². The Morgan fingerprint density at radius 3 is 2.68 bits per heavy atom. The number of nitrogens with two attached hydrogens (primary N) is 1. The van der Waals surface area contributed by atoms with E-state index in [1.54, 1.807) is 0 Å². The number of rotatable bonds is 12. The summed E-state index contributed by atoms with van der Waals surface area (Å²) in [5, 5.41) is 23.8. The third-order valence-corrected chi connectivity index (χ3v) is 7.09. The van der Waals surface area contributed by atoms with Crippen LogP contribution in [0.4, 0.5) is 13.2 Å². The first-order valence-corrected chi connectivity index (χ1v) is 13.3. The van der Waals surface area contributed by atoms with Gasteiger partial charge in [-0.15, -0.1) is 0 Å². The van der Waals surface area contributed by atoms with Gasteiger partial charge in [0.1, 0.15) is 29.2 Å². The first kappa shape index (κ1) is 32.4. The van der Waals surface area contributed by atoms with Crippen molar-refractivity contribution in [1.29, 1.82) is 5.41 Å². The fourth-order valence-electron chi connectivity index (χ4n) is 4.24. The Balaban J connectivity index is 1.56. The summed E-state index contributed by atoms with van der Waals surface area (Å²) >= 11 is 11.6. The van der Waals surface area contributed by atoms with Gasteiger partial charge in [0.25, 0.3) is 5.91 Å². The fourth-order valence-corrected chi connectivity index (χ4v) is 4.78. The van der Waals surface area contributed by atoms with Crippen LogP contribution in [-0.4, -0.2) is 59.4 Å². The number of carbonyl (C=O) groups is 2. The van der Waals surface area contributed by atoms with E-state index in [0.717, 1.165) is 29.3 Å². The molecule has 1 aliphatic heterocycles. The molecule has 41 heavy (non-hydrogen) atoms. The summed E-state index contributed by atoms with van der Waals surface area (Å²) in [6.45, 7) is 0.889. The lowest BCUT2D eigenvalue weighted by Crippen LogP contribution is -2.47. The molecule has 14 heteroatoms. The molecule has 222 valence electrons. The Labute approximate surface area is 244 Å². The number of carbonyl (C=O) groups excluding carboxylic acids is 2. The largest absolute Gasteiger partial charge is 0.384 e. The van der Waals surface area contributed by atoms with Crippen LogP contribution in [-0.2, 0) is 20.9 Å². The van der Waals surface area contributed by atoms with Crippen molar-refractivity contribution in [2.24, 2.45) is 5.73 Å². The van der Waals surface area contributed by atoms with E-state index < -0.39 is 41.1 Å². The molecular formula is C27H30Cl2F3N5O4. The summed E-state index contributed by atoms with van der Waals surface area (Å²) in [5.74, 6) is -2.81. The van der Waals surface area contributed by atoms with Crippen LogP contribution in [0.15, 0.2) is 42.2 Å². The van der Waals surface area contributed by atoms with E-state index in [0.29, 0.717) is 12.8 Å². The highest BCUT2D eigenvalue weighted by Gasteiger charge is 2.33. The van der Waals surface area contributed by atoms with Crippen molar-refractivity contribution >= 4 is 41.7 Å². The highest BCUT2D eigenvalue weighted by molar-refractivity contribution is 6.34.